The summed E-state index contributed by atoms with van der Waals surface area (Å²) in [6.45, 7) is 13.9. The van der Waals surface area contributed by atoms with E-state index in [1.54, 1.807) is 6.92 Å². The van der Waals surface area contributed by atoms with Gasteiger partial charge in [-0.3, -0.25) is 4.79 Å². The molecule has 0 atom stereocenters. The normalized spacial score (nSPS) is 12.1. The Morgan fingerprint density at radius 1 is 1.10 bits per heavy atom. The molecule has 31 heavy (non-hydrogen) atoms. The van der Waals surface area contributed by atoms with Gasteiger partial charge in [-0.15, -0.1) is 11.8 Å². The Hall–Kier alpha value is -2.28. The van der Waals surface area contributed by atoms with E-state index in [2.05, 4.69) is 11.9 Å². The second-order valence-corrected chi connectivity index (χ2v) is 10.9. The molecule has 0 aliphatic heterocycles. The van der Waals surface area contributed by atoms with Crippen LogP contribution >= 0.6 is 11.8 Å². The van der Waals surface area contributed by atoms with Crippen LogP contribution in [0, 0.1) is 6.92 Å². The minimum Gasteiger partial charge on any atom is -0.476 e. The zero-order valence-electron chi connectivity index (χ0n) is 19.6. The van der Waals surface area contributed by atoms with Crippen LogP contribution in [0.15, 0.2) is 29.2 Å². The van der Waals surface area contributed by atoms with E-state index in [-0.39, 0.29) is 11.7 Å². The first-order valence-corrected chi connectivity index (χ1v) is 11.5. The SMILES string of the molecule is CCCCCn1c(-c2ccc(SC(C)(C)C(=O)OC(C)(C)C)cc2)nc(C(=O)O)c1C. The minimum atomic E-state index is -1.01. The van der Waals surface area contributed by atoms with Gasteiger partial charge in [0.25, 0.3) is 0 Å². The molecule has 0 amide bonds. The van der Waals surface area contributed by atoms with Crippen LogP contribution in [0.3, 0.4) is 0 Å². The van der Waals surface area contributed by atoms with Gasteiger partial charge in [-0.05, 0) is 60.1 Å². The first-order valence-electron chi connectivity index (χ1n) is 10.7. The molecule has 6 nitrogen and oxygen atoms in total. The smallest absolute Gasteiger partial charge is 0.356 e. The molecule has 1 heterocycles. The summed E-state index contributed by atoms with van der Waals surface area (Å²) in [6.07, 6.45) is 3.14. The molecule has 7 heteroatoms. The Morgan fingerprint density at radius 2 is 1.71 bits per heavy atom. The molecule has 1 N–H and O–H groups in total. The van der Waals surface area contributed by atoms with Gasteiger partial charge in [0, 0.05) is 22.7 Å². The largest absolute Gasteiger partial charge is 0.476 e. The molecular weight excluding hydrogens is 412 g/mol. The van der Waals surface area contributed by atoms with E-state index in [4.69, 9.17) is 4.74 Å². The highest BCUT2D eigenvalue weighted by atomic mass is 32.2. The number of imidazole rings is 1. The van der Waals surface area contributed by atoms with Crippen molar-refractivity contribution in [3.63, 3.8) is 0 Å². The predicted octanol–water partition coefficient (Wildman–Crippen LogP) is 5.96. The molecule has 2 aromatic rings. The number of thioether (sulfide) groups is 1. The topological polar surface area (TPSA) is 81.4 Å². The highest BCUT2D eigenvalue weighted by Gasteiger charge is 2.33. The van der Waals surface area contributed by atoms with Gasteiger partial charge < -0.3 is 14.4 Å². The van der Waals surface area contributed by atoms with E-state index in [1.807, 2.05) is 63.5 Å². The average Bonchev–Trinajstić information content (AvgIpc) is 2.98. The van der Waals surface area contributed by atoms with Crippen molar-refractivity contribution in [2.24, 2.45) is 0 Å². The first kappa shape index (κ1) is 25.0. The highest BCUT2D eigenvalue weighted by molar-refractivity contribution is 8.01. The van der Waals surface area contributed by atoms with E-state index in [0.717, 1.165) is 36.3 Å². The summed E-state index contributed by atoms with van der Waals surface area (Å²) >= 11 is 1.44. The van der Waals surface area contributed by atoms with Gasteiger partial charge in [0.05, 0.1) is 0 Å². The van der Waals surface area contributed by atoms with Crippen LogP contribution in [0.4, 0.5) is 0 Å². The molecule has 0 saturated carbocycles. The monoisotopic (exact) mass is 446 g/mol. The predicted molar refractivity (Wildman–Crippen MR) is 125 cm³/mol. The molecule has 0 aliphatic carbocycles. The second kappa shape index (κ2) is 9.90. The molecule has 0 aliphatic rings. The number of nitrogens with zero attached hydrogens (tertiary/aromatic N) is 2. The number of esters is 1. The Morgan fingerprint density at radius 3 is 2.23 bits per heavy atom. The summed E-state index contributed by atoms with van der Waals surface area (Å²) in [6, 6.07) is 7.73. The van der Waals surface area contributed by atoms with Crippen molar-refractivity contribution in [2.75, 3.05) is 0 Å². The molecule has 0 unspecified atom stereocenters. The van der Waals surface area contributed by atoms with Crippen molar-refractivity contribution in [1.82, 2.24) is 9.55 Å². The molecule has 1 aromatic carbocycles. The Balaban J connectivity index is 2.27. The third kappa shape index (κ3) is 6.60. The standard InChI is InChI=1S/C24H34N2O4S/c1-8-9-10-15-26-16(2)19(21(27)28)25-20(26)17-11-13-18(14-12-17)31-24(6,7)22(29)30-23(3,4)5/h11-14H,8-10,15H2,1-7H3,(H,27,28). The Labute approximate surface area is 189 Å². The van der Waals surface area contributed by atoms with E-state index in [0.29, 0.717) is 11.5 Å². The fourth-order valence-corrected chi connectivity index (χ4v) is 4.15. The third-order valence-electron chi connectivity index (χ3n) is 4.78. The lowest BCUT2D eigenvalue weighted by Gasteiger charge is -2.28. The van der Waals surface area contributed by atoms with Crippen molar-refractivity contribution in [2.45, 2.75) is 89.5 Å². The summed E-state index contributed by atoms with van der Waals surface area (Å²) < 4.78 is 6.80. The maximum Gasteiger partial charge on any atom is 0.356 e. The Kier molecular flexibility index (Phi) is 7.98. The fraction of sp³-hybridized carbons (Fsp3) is 0.542. The summed E-state index contributed by atoms with van der Waals surface area (Å²) in [4.78, 5) is 29.5. The van der Waals surface area contributed by atoms with Crippen LogP contribution in [0.2, 0.25) is 0 Å². The van der Waals surface area contributed by atoms with Gasteiger partial charge in [-0.25, -0.2) is 9.78 Å². The quantitative estimate of drug-likeness (QED) is 0.291. The lowest BCUT2D eigenvalue weighted by atomic mass is 10.1. The number of ether oxygens (including phenoxy) is 1. The van der Waals surface area contributed by atoms with Gasteiger partial charge in [0.2, 0.25) is 0 Å². The number of carboxylic acid groups (broad SMARTS) is 1. The second-order valence-electron chi connectivity index (χ2n) is 9.17. The number of hydrogen-bond acceptors (Lipinski definition) is 5. The van der Waals surface area contributed by atoms with E-state index >= 15 is 0 Å². The Bertz CT molecular complexity index is 924. The van der Waals surface area contributed by atoms with Crippen molar-refractivity contribution in [3.8, 4) is 11.4 Å². The molecular formula is C24H34N2O4S. The van der Waals surface area contributed by atoms with Crippen LogP contribution in [0.25, 0.3) is 11.4 Å². The molecule has 2 rings (SSSR count). The number of unbranched alkanes of at least 4 members (excludes halogenated alkanes) is 2. The van der Waals surface area contributed by atoms with Crippen molar-refractivity contribution in [3.05, 3.63) is 35.7 Å². The molecule has 0 bridgehead atoms. The number of rotatable bonds is 9. The van der Waals surface area contributed by atoms with E-state index < -0.39 is 16.3 Å². The molecule has 0 fully saturated rings. The highest BCUT2D eigenvalue weighted by Crippen LogP contribution is 2.35. The van der Waals surface area contributed by atoms with Crippen LogP contribution < -0.4 is 0 Å². The van der Waals surface area contributed by atoms with Crippen LogP contribution in [0.1, 0.15) is 77.0 Å². The number of carbonyl (C=O) groups is 2. The first-order chi connectivity index (χ1) is 14.4. The number of hydrogen-bond donors (Lipinski definition) is 1. The average molecular weight is 447 g/mol. The molecule has 0 spiro atoms. The minimum absolute atomic E-state index is 0.0935. The zero-order chi connectivity index (χ0) is 23.4. The zero-order valence-corrected chi connectivity index (χ0v) is 20.4. The van der Waals surface area contributed by atoms with E-state index in [9.17, 15) is 14.7 Å². The number of aromatic nitrogens is 2. The maximum atomic E-state index is 12.5. The lowest BCUT2D eigenvalue weighted by molar-refractivity contribution is -0.156. The summed E-state index contributed by atoms with van der Waals surface area (Å²) in [5.74, 6) is -0.615. The molecule has 1 aromatic heterocycles. The number of carboxylic acids is 1. The molecule has 170 valence electrons. The van der Waals surface area contributed by atoms with Crippen LogP contribution in [0.5, 0.6) is 0 Å². The molecule has 0 radical (unpaired) electrons. The van der Waals surface area contributed by atoms with Gasteiger partial charge in [-0.2, -0.15) is 0 Å². The van der Waals surface area contributed by atoms with Crippen molar-refractivity contribution < 1.29 is 19.4 Å². The van der Waals surface area contributed by atoms with Gasteiger partial charge >= 0.3 is 11.9 Å². The number of benzene rings is 1. The summed E-state index contributed by atoms with van der Waals surface area (Å²) in [7, 11) is 0. The number of aromatic carboxylic acids is 1. The van der Waals surface area contributed by atoms with Crippen LogP contribution in [-0.2, 0) is 16.1 Å². The van der Waals surface area contributed by atoms with E-state index in [1.165, 1.54) is 11.8 Å². The van der Waals surface area contributed by atoms with Gasteiger partial charge in [0.1, 0.15) is 16.2 Å². The van der Waals surface area contributed by atoms with Gasteiger partial charge in [0.15, 0.2) is 5.69 Å². The van der Waals surface area contributed by atoms with Gasteiger partial charge in [-0.1, -0.05) is 31.9 Å². The molecule has 0 saturated heterocycles. The summed E-state index contributed by atoms with van der Waals surface area (Å²) in [5.41, 5.74) is 1.08. The third-order valence-corrected chi connectivity index (χ3v) is 5.97. The lowest BCUT2D eigenvalue weighted by Crippen LogP contribution is -2.36. The number of carbonyl (C=O) groups excluding carboxylic acids is 1. The summed E-state index contributed by atoms with van der Waals surface area (Å²) in [5, 5.41) is 9.50. The fourth-order valence-electron chi connectivity index (χ4n) is 3.16. The van der Waals surface area contributed by atoms with Crippen LogP contribution in [-0.4, -0.2) is 36.9 Å². The van der Waals surface area contributed by atoms with Crippen molar-refractivity contribution >= 4 is 23.7 Å². The maximum absolute atomic E-state index is 12.5. The van der Waals surface area contributed by atoms with Crippen molar-refractivity contribution in [1.29, 1.82) is 0 Å².